The van der Waals surface area contributed by atoms with Gasteiger partial charge in [-0.05, 0) is 89.9 Å². The standard InChI is InChI=1S/C47H79O13P/c1-3-5-7-9-11-13-15-17-19-20-22-23-25-27-29-31-33-35-40(48)57-37-39(38-58-61(55,56)60-47-45(53)43(51)42(50)44(52)46(47)54)59-41(49)36-34-32-30-28-26-24-21-18-16-14-12-10-8-6-4-2/h11-14,17-19,21-23,26,28,39,42-47,50-54H,3-10,15-16,20,24-25,27,29-38H2,1-2H3,(H,55,56)/b13-11+,14-12+,19-17+,21-18+,23-22+,28-26+/t39-,42?,43-,44?,45?,46?,47?/m0/s1. The van der Waals surface area contributed by atoms with E-state index in [-0.39, 0.29) is 12.8 Å². The summed E-state index contributed by atoms with van der Waals surface area (Å²) >= 11 is 0. The number of phosphoric ester groups is 1. The molecule has 0 saturated heterocycles. The van der Waals surface area contributed by atoms with E-state index < -0.39 is 75.7 Å². The van der Waals surface area contributed by atoms with E-state index in [0.29, 0.717) is 12.8 Å². The minimum atomic E-state index is -5.14. The second kappa shape index (κ2) is 36.7. The number of ether oxygens (including phenoxy) is 2. The first-order chi connectivity index (χ1) is 29.4. The molecule has 1 rings (SSSR count). The Balaban J connectivity index is 2.52. The van der Waals surface area contributed by atoms with Gasteiger partial charge in [-0.15, -0.1) is 0 Å². The zero-order valence-corrected chi connectivity index (χ0v) is 37.8. The van der Waals surface area contributed by atoms with Crippen LogP contribution in [0, 0.1) is 0 Å². The number of unbranched alkanes of at least 4 members (excludes halogenated alkanes) is 12. The molecular formula is C47H79O13P. The topological polar surface area (TPSA) is 210 Å². The van der Waals surface area contributed by atoms with Crippen molar-refractivity contribution in [3.63, 3.8) is 0 Å². The van der Waals surface area contributed by atoms with E-state index in [9.17, 15) is 44.6 Å². The Morgan fingerprint density at radius 2 is 0.885 bits per heavy atom. The molecule has 0 amide bonds. The van der Waals surface area contributed by atoms with E-state index in [2.05, 4.69) is 86.8 Å². The van der Waals surface area contributed by atoms with Gasteiger partial charge in [0, 0.05) is 12.8 Å². The number of esters is 2. The first-order valence-corrected chi connectivity index (χ1v) is 24.2. The average molecular weight is 883 g/mol. The third-order valence-electron chi connectivity index (χ3n) is 10.0. The molecule has 1 aliphatic rings. The van der Waals surface area contributed by atoms with Crippen molar-refractivity contribution in [2.75, 3.05) is 13.2 Å². The van der Waals surface area contributed by atoms with Gasteiger partial charge in [0.2, 0.25) is 0 Å². The lowest BCUT2D eigenvalue weighted by atomic mass is 9.85. The third-order valence-corrected chi connectivity index (χ3v) is 11.0. The van der Waals surface area contributed by atoms with Crippen LogP contribution in [0.4, 0.5) is 0 Å². The van der Waals surface area contributed by atoms with Crippen molar-refractivity contribution in [3.05, 3.63) is 72.9 Å². The molecule has 0 aliphatic heterocycles. The molecule has 0 aromatic rings. The number of rotatable bonds is 36. The van der Waals surface area contributed by atoms with Gasteiger partial charge in [-0.2, -0.15) is 0 Å². The van der Waals surface area contributed by atoms with Crippen molar-refractivity contribution in [2.24, 2.45) is 0 Å². The van der Waals surface area contributed by atoms with Gasteiger partial charge >= 0.3 is 19.8 Å². The van der Waals surface area contributed by atoms with E-state index in [4.69, 9.17) is 18.5 Å². The molecule has 14 heteroatoms. The molecule has 61 heavy (non-hydrogen) atoms. The summed E-state index contributed by atoms with van der Waals surface area (Å²) in [5, 5.41) is 50.1. The van der Waals surface area contributed by atoms with Gasteiger partial charge in [0.1, 0.15) is 43.2 Å². The van der Waals surface area contributed by atoms with Crippen LogP contribution < -0.4 is 0 Å². The molecule has 0 radical (unpaired) electrons. The summed E-state index contributed by atoms with van der Waals surface area (Å²) in [5.74, 6) is -1.18. The van der Waals surface area contributed by atoms with Gasteiger partial charge in [-0.1, -0.05) is 125 Å². The Morgan fingerprint density at radius 1 is 0.508 bits per heavy atom. The maximum atomic E-state index is 12.8. The van der Waals surface area contributed by atoms with E-state index in [1.165, 1.54) is 38.5 Å². The number of phosphoric acid groups is 1. The number of hydrogen-bond donors (Lipinski definition) is 6. The lowest BCUT2D eigenvalue weighted by Crippen LogP contribution is -2.64. The highest BCUT2D eigenvalue weighted by Crippen LogP contribution is 2.47. The summed E-state index contributed by atoms with van der Waals surface area (Å²) in [6.07, 6.45) is 32.4. The number of carbonyl (C=O) groups excluding carboxylic acids is 2. The summed E-state index contributed by atoms with van der Waals surface area (Å²) in [5.41, 5.74) is 0. The molecule has 350 valence electrons. The van der Waals surface area contributed by atoms with Crippen molar-refractivity contribution in [3.8, 4) is 0 Å². The minimum absolute atomic E-state index is 0.0391. The Bertz CT molecular complexity index is 1340. The van der Waals surface area contributed by atoms with Crippen LogP contribution in [0.3, 0.4) is 0 Å². The van der Waals surface area contributed by atoms with Crippen molar-refractivity contribution >= 4 is 19.8 Å². The Hall–Kier alpha value is -2.71. The van der Waals surface area contributed by atoms with E-state index in [1.54, 1.807) is 0 Å². The number of aliphatic hydroxyl groups excluding tert-OH is 5. The fraction of sp³-hybridized carbons (Fsp3) is 0.702. The highest BCUT2D eigenvalue weighted by Gasteiger charge is 2.51. The van der Waals surface area contributed by atoms with Gasteiger partial charge in [0.15, 0.2) is 6.10 Å². The molecule has 0 aromatic heterocycles. The maximum Gasteiger partial charge on any atom is 0.472 e. The first-order valence-electron chi connectivity index (χ1n) is 22.7. The monoisotopic (exact) mass is 883 g/mol. The van der Waals surface area contributed by atoms with Gasteiger partial charge in [0.05, 0.1) is 6.61 Å². The Kier molecular flexibility index (Phi) is 33.9. The fourth-order valence-corrected chi connectivity index (χ4v) is 7.27. The normalized spacial score (nSPS) is 22.7. The third kappa shape index (κ3) is 29.3. The average Bonchev–Trinajstić information content (AvgIpc) is 3.24. The highest BCUT2D eigenvalue weighted by atomic mass is 31.2. The molecular weight excluding hydrogens is 803 g/mol. The Labute approximate surface area is 365 Å². The molecule has 1 saturated carbocycles. The SMILES string of the molecule is CCCCC/C=C/C/C=C/C/C=C/CCCCCCC(=O)OC[C@@H](COP(=O)(O)OC1C(O)C(O)C(O)[C@H](O)C1O)OC(=O)CCCC/C=C/C/C=C/C/C=C/CCCCC. The van der Waals surface area contributed by atoms with Crippen LogP contribution in [-0.2, 0) is 32.7 Å². The summed E-state index contributed by atoms with van der Waals surface area (Å²) in [4.78, 5) is 35.7. The smallest absolute Gasteiger partial charge is 0.462 e. The fourth-order valence-electron chi connectivity index (χ4n) is 6.30. The van der Waals surface area contributed by atoms with Crippen LogP contribution in [0.1, 0.15) is 155 Å². The molecule has 0 aromatic carbocycles. The van der Waals surface area contributed by atoms with Crippen molar-refractivity contribution in [1.82, 2.24) is 0 Å². The van der Waals surface area contributed by atoms with E-state index in [1.807, 2.05) is 0 Å². The molecule has 0 bridgehead atoms. The lowest BCUT2D eigenvalue weighted by Gasteiger charge is -2.41. The molecule has 1 fully saturated rings. The number of hydrogen-bond acceptors (Lipinski definition) is 12. The van der Waals surface area contributed by atoms with Crippen LogP contribution in [0.5, 0.6) is 0 Å². The Morgan fingerprint density at radius 3 is 1.36 bits per heavy atom. The summed E-state index contributed by atoms with van der Waals surface area (Å²) < 4.78 is 33.4. The minimum Gasteiger partial charge on any atom is -0.462 e. The zero-order chi connectivity index (χ0) is 45.0. The second-order valence-electron chi connectivity index (χ2n) is 15.5. The first kappa shape index (κ1) is 56.3. The van der Waals surface area contributed by atoms with Gasteiger partial charge < -0.3 is 39.9 Å². The highest BCUT2D eigenvalue weighted by molar-refractivity contribution is 7.47. The molecule has 1 aliphatic carbocycles. The predicted octanol–water partition coefficient (Wildman–Crippen LogP) is 8.72. The van der Waals surface area contributed by atoms with Crippen molar-refractivity contribution < 1.29 is 63.1 Å². The van der Waals surface area contributed by atoms with Crippen LogP contribution in [-0.4, -0.2) is 98.3 Å². The predicted molar refractivity (Wildman–Crippen MR) is 239 cm³/mol. The quantitative estimate of drug-likeness (QED) is 0.0151. The van der Waals surface area contributed by atoms with Crippen LogP contribution >= 0.6 is 7.82 Å². The van der Waals surface area contributed by atoms with Gasteiger partial charge in [-0.3, -0.25) is 18.6 Å². The molecule has 6 N–H and O–H groups in total. The molecule has 6 unspecified atom stereocenters. The largest absolute Gasteiger partial charge is 0.472 e. The molecule has 13 nitrogen and oxygen atoms in total. The summed E-state index contributed by atoms with van der Waals surface area (Å²) in [6, 6.07) is 0. The number of carbonyl (C=O) groups is 2. The van der Waals surface area contributed by atoms with Crippen LogP contribution in [0.15, 0.2) is 72.9 Å². The second-order valence-corrected chi connectivity index (χ2v) is 16.9. The van der Waals surface area contributed by atoms with Crippen molar-refractivity contribution in [2.45, 2.75) is 198 Å². The van der Waals surface area contributed by atoms with Gasteiger partial charge in [0.25, 0.3) is 0 Å². The van der Waals surface area contributed by atoms with Crippen LogP contribution in [0.2, 0.25) is 0 Å². The van der Waals surface area contributed by atoms with Crippen LogP contribution in [0.25, 0.3) is 0 Å². The van der Waals surface area contributed by atoms with E-state index in [0.717, 1.165) is 77.0 Å². The lowest BCUT2D eigenvalue weighted by molar-refractivity contribution is -0.220. The van der Waals surface area contributed by atoms with E-state index >= 15 is 0 Å². The zero-order valence-electron chi connectivity index (χ0n) is 36.9. The number of aliphatic hydroxyl groups is 5. The van der Waals surface area contributed by atoms with Gasteiger partial charge in [-0.25, -0.2) is 4.57 Å². The maximum absolute atomic E-state index is 12.8. The summed E-state index contributed by atoms with van der Waals surface area (Å²) in [6.45, 7) is 3.17. The molecule has 0 heterocycles. The molecule has 0 spiro atoms. The molecule has 8 atom stereocenters. The summed E-state index contributed by atoms with van der Waals surface area (Å²) in [7, 11) is -5.14. The van der Waals surface area contributed by atoms with Crippen molar-refractivity contribution in [1.29, 1.82) is 0 Å². The number of allylic oxidation sites excluding steroid dienone is 12.